The Hall–Kier alpha value is -7.70. The lowest BCUT2D eigenvalue weighted by molar-refractivity contribution is -0.192. The Morgan fingerprint density at radius 3 is 1.79 bits per heavy atom. The van der Waals surface area contributed by atoms with E-state index in [-0.39, 0.29) is 48.7 Å². The summed E-state index contributed by atoms with van der Waals surface area (Å²) in [6.07, 6.45) is -0.0631. The Kier molecular flexibility index (Phi) is 21.0. The highest BCUT2D eigenvalue weighted by Crippen LogP contribution is 2.36. The van der Waals surface area contributed by atoms with Crippen LogP contribution in [0.3, 0.4) is 0 Å². The van der Waals surface area contributed by atoms with Crippen molar-refractivity contribution in [2.45, 2.75) is 69.4 Å². The summed E-state index contributed by atoms with van der Waals surface area (Å²) in [5.41, 5.74) is 11.9. The number of halogens is 8. The number of H-pyrrole nitrogens is 4. The molecule has 0 bridgehead atoms. The number of carboxylic acids is 1. The quantitative estimate of drug-likeness (QED) is 0.0385. The van der Waals surface area contributed by atoms with E-state index in [2.05, 4.69) is 86.0 Å². The Labute approximate surface area is 526 Å². The molecule has 21 nitrogen and oxygen atoms in total. The van der Waals surface area contributed by atoms with Gasteiger partial charge in [-0.05, 0) is 176 Å². The van der Waals surface area contributed by atoms with Gasteiger partial charge in [0.1, 0.15) is 60.1 Å². The first-order chi connectivity index (χ1) is 42.3. The van der Waals surface area contributed by atoms with E-state index >= 15 is 0 Å². The average Bonchev–Trinajstić information content (AvgIpc) is 1.69. The lowest BCUT2D eigenvalue weighted by Crippen LogP contribution is -2.43. The number of carboxylic acid groups (broad SMARTS) is 1. The highest BCUT2D eigenvalue weighted by atomic mass is 79.9. The van der Waals surface area contributed by atoms with Crippen molar-refractivity contribution < 1.29 is 61.1 Å². The number of nitrogens with one attached hydrogen (secondary N) is 5. The van der Waals surface area contributed by atoms with E-state index in [0.717, 1.165) is 79.4 Å². The molecular weight excluding hydrogens is 1320 g/mol. The summed E-state index contributed by atoms with van der Waals surface area (Å²) in [6, 6.07) is 21.7. The van der Waals surface area contributed by atoms with Gasteiger partial charge in [-0.1, -0.05) is 11.6 Å². The maximum atomic E-state index is 13.5. The van der Waals surface area contributed by atoms with Crippen molar-refractivity contribution in [3.05, 3.63) is 160 Å². The average molecular weight is 1390 g/mol. The fourth-order valence-corrected chi connectivity index (χ4v) is 11.6. The number of ether oxygens (including phenoxy) is 2. The number of nitrogens with two attached hydrogens (primary N) is 1. The van der Waals surface area contributed by atoms with E-state index in [0.29, 0.717) is 89.6 Å². The zero-order valence-corrected chi connectivity index (χ0v) is 51.6. The van der Waals surface area contributed by atoms with Gasteiger partial charge in [0, 0.05) is 78.3 Å². The van der Waals surface area contributed by atoms with E-state index in [4.69, 9.17) is 41.8 Å². The largest absolute Gasteiger partial charge is 0.490 e. The van der Waals surface area contributed by atoms with E-state index < -0.39 is 36.1 Å². The van der Waals surface area contributed by atoms with Crippen LogP contribution >= 0.6 is 43.5 Å². The van der Waals surface area contributed by atoms with Crippen molar-refractivity contribution in [2.75, 3.05) is 65.3 Å². The summed E-state index contributed by atoms with van der Waals surface area (Å²) in [5, 5.41) is 30.7. The van der Waals surface area contributed by atoms with Gasteiger partial charge in [-0.25, -0.2) is 18.6 Å². The molecule has 12 rings (SSSR count). The molecule has 0 unspecified atom stereocenters. The molecule has 0 aliphatic carbocycles. The van der Waals surface area contributed by atoms with Crippen molar-refractivity contribution >= 4 is 88.9 Å². The van der Waals surface area contributed by atoms with Crippen molar-refractivity contribution in [3.8, 4) is 34.1 Å². The number of hydrogen-bond acceptors (Lipinski definition) is 14. The van der Waals surface area contributed by atoms with Crippen LogP contribution in [0.15, 0.2) is 110 Å². The third-order valence-corrected chi connectivity index (χ3v) is 16.9. The van der Waals surface area contributed by atoms with Crippen molar-refractivity contribution in [3.63, 3.8) is 0 Å². The smallest absolute Gasteiger partial charge is 0.490 e. The Bertz CT molecular complexity index is 4020. The second-order valence-electron chi connectivity index (χ2n) is 21.6. The number of imidazole rings is 1. The van der Waals surface area contributed by atoms with Gasteiger partial charge >= 0.3 is 12.1 Å². The predicted molar refractivity (Wildman–Crippen MR) is 330 cm³/mol. The molecule has 2 fully saturated rings. The Morgan fingerprint density at radius 2 is 1.25 bits per heavy atom. The Morgan fingerprint density at radius 1 is 0.730 bits per heavy atom. The maximum absolute atomic E-state index is 13.5. The molecule has 2 amide bonds. The van der Waals surface area contributed by atoms with Gasteiger partial charge in [0.25, 0.3) is 22.9 Å². The number of likely N-dealkylation sites (tertiary alicyclic amines) is 2. The number of aliphatic hydroxyl groups excluding tert-OH is 2. The molecule has 89 heavy (non-hydrogen) atoms. The predicted octanol–water partition coefficient (Wildman–Crippen LogP) is 8.83. The minimum atomic E-state index is -5.08. The van der Waals surface area contributed by atoms with Gasteiger partial charge in [-0.3, -0.25) is 19.2 Å². The zero-order valence-electron chi connectivity index (χ0n) is 47.7. The summed E-state index contributed by atoms with van der Waals surface area (Å²) >= 11 is 12.7. The topological polar surface area (TPSA) is 292 Å². The normalized spacial score (nSPS) is 16.2. The van der Waals surface area contributed by atoms with Crippen LogP contribution in [0.25, 0.3) is 44.6 Å². The fourth-order valence-electron chi connectivity index (χ4n) is 10.7. The Balaban J connectivity index is 0.000000168. The number of nitrogens with zero attached hydrogens (tertiary/aromatic N) is 5. The van der Waals surface area contributed by atoms with Crippen LogP contribution < -0.4 is 31.6 Å². The van der Waals surface area contributed by atoms with Crippen LogP contribution in [0.2, 0.25) is 5.02 Å². The van der Waals surface area contributed by atoms with Crippen molar-refractivity contribution in [1.29, 1.82) is 0 Å². The molecule has 4 aliphatic heterocycles. The number of carbonyl (C=O) groups is 3. The van der Waals surface area contributed by atoms with Crippen LogP contribution in [-0.2, 0) is 17.9 Å². The molecular formula is C60H61Br2ClF5N11O10. The summed E-state index contributed by atoms with van der Waals surface area (Å²) in [7, 11) is 4.23. The lowest BCUT2D eigenvalue weighted by atomic mass is 10.0. The van der Waals surface area contributed by atoms with Gasteiger partial charge in [0.05, 0.1) is 41.9 Å². The molecule has 0 radical (unpaired) electrons. The number of pyridine rings is 2. The number of aromatic amines is 4. The summed E-state index contributed by atoms with van der Waals surface area (Å²) < 4.78 is 69.7. The fraction of sp³-hybridized carbons (Fsp3) is 0.333. The second kappa shape index (κ2) is 28.4. The summed E-state index contributed by atoms with van der Waals surface area (Å²) in [5.74, 6) is -2.43. The zero-order chi connectivity index (χ0) is 64.0. The highest BCUT2D eigenvalue weighted by Gasteiger charge is 2.39. The molecule has 472 valence electrons. The standard InChI is InChI=1S/C30H31BrFN5O4.C20H20ClN5O2.C8H9BrFNO2.C2HF3O2/c1-36-8-5-20(6-9-36)37-15-18-10-17-11-26(35-25(17)13-22(18)30(37)40)28-24(4-7-33-29(28)39)34-14-21(38)16-41-27-12-19(32)2-3-23(27)31;1-25-6-3-12(4-7-25)26-10-11-8-15-16(9-13(11)20(26)28)24-18(23-15)17-14(21)2-5-22-19(17)27;9-6-2-1-5(10)3-7(6)13-4-8(11)12;3-2(4,5)1(6)7/h2-4,7,10-13,20-21,35,38H,5-6,8-9,14-16H2,1H3,(H2,33,34,39);2,5,8-9,12H,3-4,6-7,10H2,1H3,(H,22,27)(H,23,24);1-3,8,12H,4,11H2;(H,6,7)/t21-;;8-;/m1.0./s1. The van der Waals surface area contributed by atoms with E-state index in [1.165, 1.54) is 48.8 Å². The molecule has 29 heteroatoms. The molecule has 4 aromatic carbocycles. The number of aliphatic hydroxyl groups is 2. The molecule has 0 saturated carbocycles. The number of alkyl halides is 3. The minimum absolute atomic E-state index is 0.0639. The first-order valence-corrected chi connectivity index (χ1v) is 29.9. The van der Waals surface area contributed by atoms with Crippen LogP contribution in [0.1, 0.15) is 57.5 Å². The van der Waals surface area contributed by atoms with Gasteiger partial charge in [-0.2, -0.15) is 13.2 Å². The maximum Gasteiger partial charge on any atom is 0.490 e. The van der Waals surface area contributed by atoms with E-state index in [1.54, 1.807) is 12.1 Å². The summed E-state index contributed by atoms with van der Waals surface area (Å²) in [4.78, 5) is 85.3. The van der Waals surface area contributed by atoms with E-state index in [9.17, 15) is 46.2 Å². The number of anilines is 1. The number of benzene rings is 4. The second-order valence-corrected chi connectivity index (χ2v) is 23.7. The lowest BCUT2D eigenvalue weighted by Gasteiger charge is -2.34. The third-order valence-electron chi connectivity index (χ3n) is 15.2. The third kappa shape index (κ3) is 16.0. The number of aromatic nitrogens is 5. The number of aliphatic carboxylic acids is 1. The minimum Gasteiger partial charge on any atom is -0.490 e. The molecule has 2 atom stereocenters. The van der Waals surface area contributed by atoms with Gasteiger partial charge < -0.3 is 75.4 Å². The molecule has 8 heterocycles. The molecule has 10 N–H and O–H groups in total. The first kappa shape index (κ1) is 65.7. The van der Waals surface area contributed by atoms with Crippen molar-refractivity contribution in [2.24, 2.45) is 5.73 Å². The summed E-state index contributed by atoms with van der Waals surface area (Å²) in [6.45, 7) is 5.20. The van der Waals surface area contributed by atoms with Crippen molar-refractivity contribution in [1.82, 2.24) is 44.5 Å². The van der Waals surface area contributed by atoms with Crippen LogP contribution in [-0.4, -0.2) is 168 Å². The van der Waals surface area contributed by atoms with E-state index in [1.807, 2.05) is 40.1 Å². The van der Waals surface area contributed by atoms with Gasteiger partial charge in [0.2, 0.25) is 0 Å². The van der Waals surface area contributed by atoms with Gasteiger partial charge in [0.15, 0.2) is 0 Å². The number of rotatable bonds is 13. The molecule has 2 saturated heterocycles. The number of carbonyl (C=O) groups excluding carboxylic acids is 2. The molecule has 4 aliphatic rings. The van der Waals surface area contributed by atoms with Gasteiger partial charge in [-0.15, -0.1) is 0 Å². The highest BCUT2D eigenvalue weighted by molar-refractivity contribution is 9.11. The molecule has 4 aromatic heterocycles. The van der Waals surface area contributed by atoms with Crippen LogP contribution in [0.5, 0.6) is 11.5 Å². The number of hydrogen-bond donors (Lipinski definition) is 9. The monoisotopic (exact) mass is 1380 g/mol. The first-order valence-electron chi connectivity index (χ1n) is 27.9. The van der Waals surface area contributed by atoms with Crippen LogP contribution in [0, 0.1) is 11.6 Å². The molecule has 0 spiro atoms. The number of amides is 2. The molecule has 8 aromatic rings. The van der Waals surface area contributed by atoms with Crippen LogP contribution in [0.4, 0.5) is 27.6 Å². The number of fused-ring (bicyclic) bond motifs is 4. The SMILES string of the molecule is CN1CCC(N2Cc3cc4[nH]c(-c5c(Cl)cc[nH]c5=O)nc4cc3C2=O)CC1.CN1CCC(N2Cc3cc4cc(-c5c(NC[C@@H](O)COc6cc(F)ccc6Br)cc[nH]c5=O)[nH]c4cc3C2=O)CC1.N[C@@H](O)COc1cc(F)ccc1Br.O=C(O)C(F)(F)F. The number of piperidine rings is 2.